The van der Waals surface area contributed by atoms with E-state index in [1.54, 1.807) is 24.3 Å². The summed E-state index contributed by atoms with van der Waals surface area (Å²) in [6, 6.07) is 8.72. The van der Waals surface area contributed by atoms with E-state index in [2.05, 4.69) is 0 Å². The van der Waals surface area contributed by atoms with Crippen LogP contribution < -0.4 is 0 Å². The maximum Gasteiger partial charge on any atom is 0.358 e. The molecule has 5 heteroatoms. The third kappa shape index (κ3) is 3.26. The molecule has 1 heterocycles. The molecule has 0 aliphatic carbocycles. The lowest BCUT2D eigenvalue weighted by molar-refractivity contribution is -0.214. The van der Waals surface area contributed by atoms with Gasteiger partial charge in [0, 0.05) is 0 Å². The molecule has 0 saturated carbocycles. The van der Waals surface area contributed by atoms with E-state index in [0.29, 0.717) is 31.9 Å². The Morgan fingerprint density at radius 2 is 1.94 bits per heavy atom. The Morgan fingerprint density at radius 3 is 2.59 bits per heavy atom. The number of hydroxylamine groups is 2. The Balaban J connectivity index is 1.91. The van der Waals surface area contributed by atoms with Gasteiger partial charge in [0.15, 0.2) is 6.10 Å². The molecule has 2 rings (SSSR count). The number of carbonyl (C=O) groups excluding carboxylic acids is 1. The molecular formula is C12H15NO4. The van der Waals surface area contributed by atoms with Gasteiger partial charge in [-0.05, 0) is 5.56 Å². The molecule has 1 aromatic rings. The molecule has 1 saturated heterocycles. The number of ether oxygens (including phenoxy) is 1. The zero-order valence-electron chi connectivity index (χ0n) is 9.41. The summed E-state index contributed by atoms with van der Waals surface area (Å²) in [5.74, 6) is -0.655. The van der Waals surface area contributed by atoms with E-state index in [4.69, 9.17) is 9.57 Å². The van der Waals surface area contributed by atoms with Crippen LogP contribution in [-0.4, -0.2) is 42.4 Å². The lowest BCUT2D eigenvalue weighted by Gasteiger charge is -2.25. The Labute approximate surface area is 99.5 Å². The predicted octanol–water partition coefficient (Wildman–Crippen LogP) is 0.510. The van der Waals surface area contributed by atoms with Gasteiger partial charge in [-0.1, -0.05) is 30.3 Å². The summed E-state index contributed by atoms with van der Waals surface area (Å²) in [6.07, 6.45) is -1.24. The summed E-state index contributed by atoms with van der Waals surface area (Å²) in [5.41, 5.74) is 0.533. The second kappa shape index (κ2) is 5.77. The zero-order valence-corrected chi connectivity index (χ0v) is 9.41. The summed E-state index contributed by atoms with van der Waals surface area (Å²) in [5, 5.41) is 11.3. The van der Waals surface area contributed by atoms with Crippen molar-refractivity contribution in [3.8, 4) is 0 Å². The topological polar surface area (TPSA) is 59.0 Å². The molecule has 92 valence electrons. The van der Waals surface area contributed by atoms with Gasteiger partial charge in [0.1, 0.15) is 0 Å². The van der Waals surface area contributed by atoms with Crippen LogP contribution >= 0.6 is 0 Å². The van der Waals surface area contributed by atoms with E-state index in [1.165, 1.54) is 5.06 Å². The van der Waals surface area contributed by atoms with Crippen molar-refractivity contribution in [2.75, 3.05) is 26.3 Å². The molecule has 0 amide bonds. The van der Waals surface area contributed by atoms with E-state index in [-0.39, 0.29) is 0 Å². The number of nitrogens with zero attached hydrogens (tertiary/aromatic N) is 1. The fraction of sp³-hybridized carbons (Fsp3) is 0.417. The number of benzene rings is 1. The van der Waals surface area contributed by atoms with Crippen molar-refractivity contribution in [3.63, 3.8) is 0 Å². The van der Waals surface area contributed by atoms with Gasteiger partial charge in [0.25, 0.3) is 0 Å². The van der Waals surface area contributed by atoms with Crippen molar-refractivity contribution in [2.24, 2.45) is 0 Å². The first-order valence-corrected chi connectivity index (χ1v) is 5.55. The average molecular weight is 237 g/mol. The van der Waals surface area contributed by atoms with Gasteiger partial charge in [0.2, 0.25) is 0 Å². The highest BCUT2D eigenvalue weighted by atomic mass is 16.7. The normalized spacial score (nSPS) is 18.6. The molecule has 0 aromatic heterocycles. The van der Waals surface area contributed by atoms with Crippen LogP contribution in [0.1, 0.15) is 11.7 Å². The predicted molar refractivity (Wildman–Crippen MR) is 59.9 cm³/mol. The minimum absolute atomic E-state index is 0.533. The number of hydrogen-bond donors (Lipinski definition) is 1. The average Bonchev–Trinajstić information content (AvgIpc) is 2.40. The number of carbonyl (C=O) groups is 1. The van der Waals surface area contributed by atoms with Crippen molar-refractivity contribution in [3.05, 3.63) is 35.9 Å². The number of hydrogen-bond acceptors (Lipinski definition) is 5. The fourth-order valence-corrected chi connectivity index (χ4v) is 1.59. The van der Waals surface area contributed by atoms with Gasteiger partial charge < -0.3 is 14.7 Å². The molecule has 1 fully saturated rings. The Kier molecular flexibility index (Phi) is 4.08. The van der Waals surface area contributed by atoms with Crippen LogP contribution in [0.5, 0.6) is 0 Å². The first-order chi connectivity index (χ1) is 8.27. The van der Waals surface area contributed by atoms with Gasteiger partial charge in [-0.15, -0.1) is 5.06 Å². The molecule has 0 radical (unpaired) electrons. The fourth-order valence-electron chi connectivity index (χ4n) is 1.59. The zero-order chi connectivity index (χ0) is 12.1. The summed E-state index contributed by atoms with van der Waals surface area (Å²) in [6.45, 7) is 2.14. The van der Waals surface area contributed by atoms with E-state index in [1.807, 2.05) is 6.07 Å². The highest BCUT2D eigenvalue weighted by Gasteiger charge is 2.23. The van der Waals surface area contributed by atoms with E-state index in [9.17, 15) is 9.90 Å². The molecule has 1 aromatic carbocycles. The lowest BCUT2D eigenvalue weighted by Crippen LogP contribution is -2.39. The summed E-state index contributed by atoms with van der Waals surface area (Å²) < 4.78 is 5.13. The minimum Gasteiger partial charge on any atom is -0.379 e. The van der Waals surface area contributed by atoms with Crippen LogP contribution in [0.4, 0.5) is 0 Å². The van der Waals surface area contributed by atoms with Gasteiger partial charge in [-0.2, -0.15) is 0 Å². The van der Waals surface area contributed by atoms with Crippen molar-refractivity contribution >= 4 is 5.97 Å². The lowest BCUT2D eigenvalue weighted by atomic mass is 10.1. The van der Waals surface area contributed by atoms with Crippen LogP contribution in [0, 0.1) is 0 Å². The quantitative estimate of drug-likeness (QED) is 0.830. The molecule has 5 nitrogen and oxygen atoms in total. The number of rotatable bonds is 3. The van der Waals surface area contributed by atoms with E-state index >= 15 is 0 Å². The van der Waals surface area contributed by atoms with Gasteiger partial charge in [0.05, 0.1) is 26.3 Å². The minimum atomic E-state index is -1.24. The highest BCUT2D eigenvalue weighted by Crippen LogP contribution is 2.14. The summed E-state index contributed by atoms with van der Waals surface area (Å²) in [7, 11) is 0. The second-order valence-electron chi connectivity index (χ2n) is 3.76. The second-order valence-corrected chi connectivity index (χ2v) is 3.76. The number of morpholine rings is 1. The molecular weight excluding hydrogens is 222 g/mol. The van der Waals surface area contributed by atoms with Crippen LogP contribution in [-0.2, 0) is 14.4 Å². The molecule has 0 spiro atoms. The number of aliphatic hydroxyl groups is 1. The first-order valence-electron chi connectivity index (χ1n) is 5.55. The van der Waals surface area contributed by atoms with Gasteiger partial charge in [-0.3, -0.25) is 0 Å². The molecule has 0 bridgehead atoms. The molecule has 1 aliphatic rings. The first kappa shape index (κ1) is 12.0. The molecule has 1 aliphatic heterocycles. The monoisotopic (exact) mass is 237 g/mol. The SMILES string of the molecule is O=C(ON1CCOCC1)[C@H](O)c1ccccc1. The summed E-state index contributed by atoms with van der Waals surface area (Å²) >= 11 is 0. The Hall–Kier alpha value is -1.43. The third-order valence-corrected chi connectivity index (χ3v) is 2.53. The third-order valence-electron chi connectivity index (χ3n) is 2.53. The van der Waals surface area contributed by atoms with Crippen molar-refractivity contribution in [2.45, 2.75) is 6.10 Å². The summed E-state index contributed by atoms with van der Waals surface area (Å²) in [4.78, 5) is 16.7. The maximum absolute atomic E-state index is 11.7. The van der Waals surface area contributed by atoms with Gasteiger partial charge >= 0.3 is 5.97 Å². The van der Waals surface area contributed by atoms with Crippen molar-refractivity contribution in [1.29, 1.82) is 0 Å². The van der Waals surface area contributed by atoms with Crippen LogP contribution in [0.3, 0.4) is 0 Å². The van der Waals surface area contributed by atoms with Crippen molar-refractivity contribution < 1.29 is 19.5 Å². The highest BCUT2D eigenvalue weighted by molar-refractivity contribution is 5.75. The molecule has 1 atom stereocenters. The molecule has 1 N–H and O–H groups in total. The standard InChI is InChI=1S/C12H15NO4/c14-11(10-4-2-1-3-5-10)12(15)17-13-6-8-16-9-7-13/h1-5,11,14H,6-9H2/t11-/m1/s1. The van der Waals surface area contributed by atoms with Crippen molar-refractivity contribution in [1.82, 2.24) is 5.06 Å². The molecule has 0 unspecified atom stereocenters. The number of aliphatic hydroxyl groups excluding tert-OH is 1. The van der Waals surface area contributed by atoms with E-state index in [0.717, 1.165) is 0 Å². The van der Waals surface area contributed by atoms with E-state index < -0.39 is 12.1 Å². The van der Waals surface area contributed by atoms with Crippen LogP contribution in [0.15, 0.2) is 30.3 Å². The smallest absolute Gasteiger partial charge is 0.358 e. The van der Waals surface area contributed by atoms with Gasteiger partial charge in [-0.25, -0.2) is 4.79 Å². The van der Waals surface area contributed by atoms with Crippen LogP contribution in [0.2, 0.25) is 0 Å². The largest absolute Gasteiger partial charge is 0.379 e. The Morgan fingerprint density at radius 1 is 1.29 bits per heavy atom. The molecule has 17 heavy (non-hydrogen) atoms. The maximum atomic E-state index is 11.7. The van der Waals surface area contributed by atoms with Crippen LogP contribution in [0.25, 0.3) is 0 Å². The Bertz CT molecular complexity index is 362.